The second-order valence-electron chi connectivity index (χ2n) is 5.27. The van der Waals surface area contributed by atoms with Gasteiger partial charge in [-0.2, -0.15) is 0 Å². The van der Waals surface area contributed by atoms with Crippen LogP contribution >= 0.6 is 12.4 Å². The van der Waals surface area contributed by atoms with Crippen LogP contribution < -0.4 is 14.8 Å². The van der Waals surface area contributed by atoms with E-state index in [4.69, 9.17) is 9.47 Å². The molecule has 2 rings (SSSR count). The highest BCUT2D eigenvalue weighted by Gasteiger charge is 2.21. The molecule has 0 radical (unpaired) electrons. The van der Waals surface area contributed by atoms with Gasteiger partial charge in [0.1, 0.15) is 18.1 Å². The molecule has 1 unspecified atom stereocenters. The predicted molar refractivity (Wildman–Crippen MR) is 88.8 cm³/mol. The lowest BCUT2D eigenvalue weighted by Gasteiger charge is -2.16. The molecule has 21 heavy (non-hydrogen) atoms. The highest BCUT2D eigenvalue weighted by atomic mass is 35.5. The topological polar surface area (TPSA) is 33.7 Å². The van der Waals surface area contributed by atoms with Crippen molar-refractivity contribution >= 4 is 12.4 Å². The second kappa shape index (κ2) is 9.87. The summed E-state index contributed by atoms with van der Waals surface area (Å²) in [7, 11) is 2.03. The van der Waals surface area contributed by atoms with Crippen molar-refractivity contribution in [1.29, 1.82) is 0 Å². The third-order valence-electron chi connectivity index (χ3n) is 3.67. The Morgan fingerprint density at radius 1 is 1.19 bits per heavy atom. The summed E-state index contributed by atoms with van der Waals surface area (Å²) in [6.07, 6.45) is 1.30. The van der Waals surface area contributed by atoms with Crippen LogP contribution in [0.5, 0.6) is 11.5 Å². The third-order valence-corrected chi connectivity index (χ3v) is 3.67. The molecule has 0 amide bonds. The SMILES string of the molecule is CCOc1ccc(OCCN2CCC(CNC)C2)cc1.Cl. The molecule has 1 atom stereocenters. The quantitative estimate of drug-likeness (QED) is 0.799. The standard InChI is InChI=1S/C16H26N2O2.ClH/c1-3-19-15-4-6-16(7-5-15)20-11-10-18-9-8-14(13-18)12-17-2;/h4-7,14,17H,3,8-13H2,1-2H3;1H. The number of nitrogens with one attached hydrogen (secondary N) is 1. The zero-order chi connectivity index (χ0) is 14.2. The fourth-order valence-corrected chi connectivity index (χ4v) is 2.66. The number of hydrogen-bond acceptors (Lipinski definition) is 4. The highest BCUT2D eigenvalue weighted by Crippen LogP contribution is 2.18. The molecule has 5 heteroatoms. The van der Waals surface area contributed by atoms with Gasteiger partial charge in [-0.1, -0.05) is 0 Å². The van der Waals surface area contributed by atoms with Gasteiger partial charge < -0.3 is 14.8 Å². The summed E-state index contributed by atoms with van der Waals surface area (Å²) in [5.74, 6) is 2.61. The van der Waals surface area contributed by atoms with Crippen LogP contribution in [0, 0.1) is 5.92 Å². The van der Waals surface area contributed by atoms with Gasteiger partial charge in [0, 0.05) is 13.1 Å². The number of nitrogens with zero attached hydrogens (tertiary/aromatic N) is 1. The molecule has 0 saturated carbocycles. The summed E-state index contributed by atoms with van der Waals surface area (Å²) in [5.41, 5.74) is 0. The van der Waals surface area contributed by atoms with Crippen LogP contribution in [0.3, 0.4) is 0 Å². The number of ether oxygens (including phenoxy) is 2. The Morgan fingerprint density at radius 2 is 1.86 bits per heavy atom. The lowest BCUT2D eigenvalue weighted by molar-refractivity contribution is 0.232. The van der Waals surface area contributed by atoms with E-state index in [9.17, 15) is 0 Å². The normalized spacial score (nSPS) is 18.3. The molecule has 1 aliphatic rings. The smallest absolute Gasteiger partial charge is 0.119 e. The molecule has 0 aliphatic carbocycles. The summed E-state index contributed by atoms with van der Waals surface area (Å²) in [6, 6.07) is 7.85. The van der Waals surface area contributed by atoms with Gasteiger partial charge in [-0.25, -0.2) is 0 Å². The van der Waals surface area contributed by atoms with Gasteiger partial charge in [-0.05, 0) is 63.7 Å². The van der Waals surface area contributed by atoms with Crippen LogP contribution in [0.25, 0.3) is 0 Å². The zero-order valence-corrected chi connectivity index (χ0v) is 13.8. The minimum absolute atomic E-state index is 0. The molecule has 1 N–H and O–H groups in total. The Kier molecular flexibility index (Phi) is 8.50. The van der Waals surface area contributed by atoms with E-state index in [0.29, 0.717) is 6.61 Å². The molecule has 1 aliphatic heterocycles. The van der Waals surface area contributed by atoms with E-state index in [2.05, 4.69) is 10.2 Å². The largest absolute Gasteiger partial charge is 0.494 e. The minimum Gasteiger partial charge on any atom is -0.494 e. The van der Waals surface area contributed by atoms with Gasteiger partial charge in [0.05, 0.1) is 6.61 Å². The molecule has 1 fully saturated rings. The van der Waals surface area contributed by atoms with E-state index >= 15 is 0 Å². The maximum atomic E-state index is 5.78. The van der Waals surface area contributed by atoms with E-state index in [1.807, 2.05) is 38.2 Å². The molecule has 1 saturated heterocycles. The Labute approximate surface area is 134 Å². The first-order valence-corrected chi connectivity index (χ1v) is 7.54. The van der Waals surface area contributed by atoms with Crippen LogP contribution in [0.2, 0.25) is 0 Å². The van der Waals surface area contributed by atoms with E-state index < -0.39 is 0 Å². The fraction of sp³-hybridized carbons (Fsp3) is 0.625. The van der Waals surface area contributed by atoms with Gasteiger partial charge in [-0.3, -0.25) is 4.90 Å². The fourth-order valence-electron chi connectivity index (χ4n) is 2.66. The molecule has 1 aromatic carbocycles. The average molecular weight is 315 g/mol. The maximum absolute atomic E-state index is 5.78. The van der Waals surface area contributed by atoms with Crippen molar-refractivity contribution in [3.63, 3.8) is 0 Å². The van der Waals surface area contributed by atoms with E-state index in [1.165, 1.54) is 19.5 Å². The summed E-state index contributed by atoms with van der Waals surface area (Å²) in [5, 5.41) is 3.26. The lowest BCUT2D eigenvalue weighted by Crippen LogP contribution is -2.28. The molecular formula is C16H27ClN2O2. The summed E-state index contributed by atoms with van der Waals surface area (Å²) < 4.78 is 11.2. The van der Waals surface area contributed by atoms with Gasteiger partial charge in [0.2, 0.25) is 0 Å². The number of halogens is 1. The van der Waals surface area contributed by atoms with E-state index in [0.717, 1.165) is 37.1 Å². The second-order valence-corrected chi connectivity index (χ2v) is 5.27. The first kappa shape index (κ1) is 18.1. The lowest BCUT2D eigenvalue weighted by atomic mass is 10.1. The van der Waals surface area contributed by atoms with Crippen molar-refractivity contribution in [3.8, 4) is 11.5 Å². The molecule has 0 aromatic heterocycles. The number of benzene rings is 1. The van der Waals surface area contributed by atoms with Crippen LogP contribution in [-0.4, -0.2) is 51.3 Å². The van der Waals surface area contributed by atoms with Crippen molar-refractivity contribution in [2.24, 2.45) is 5.92 Å². The maximum Gasteiger partial charge on any atom is 0.119 e. The Bertz CT molecular complexity index is 386. The summed E-state index contributed by atoms with van der Waals surface area (Å²) in [4.78, 5) is 2.48. The van der Waals surface area contributed by atoms with Crippen LogP contribution in [0.1, 0.15) is 13.3 Å². The molecule has 4 nitrogen and oxygen atoms in total. The van der Waals surface area contributed by atoms with Crippen LogP contribution in [0.4, 0.5) is 0 Å². The molecular weight excluding hydrogens is 288 g/mol. The van der Waals surface area contributed by atoms with Crippen molar-refractivity contribution in [2.45, 2.75) is 13.3 Å². The predicted octanol–water partition coefficient (Wildman–Crippen LogP) is 2.43. The molecule has 0 spiro atoms. The van der Waals surface area contributed by atoms with Crippen molar-refractivity contribution in [2.75, 3.05) is 46.4 Å². The van der Waals surface area contributed by atoms with Gasteiger partial charge in [0.25, 0.3) is 0 Å². The van der Waals surface area contributed by atoms with Crippen molar-refractivity contribution in [1.82, 2.24) is 10.2 Å². The monoisotopic (exact) mass is 314 g/mol. The summed E-state index contributed by atoms with van der Waals surface area (Å²) >= 11 is 0. The van der Waals surface area contributed by atoms with Crippen LogP contribution in [-0.2, 0) is 0 Å². The van der Waals surface area contributed by atoms with Crippen molar-refractivity contribution < 1.29 is 9.47 Å². The third kappa shape index (κ3) is 6.12. The Morgan fingerprint density at radius 3 is 2.48 bits per heavy atom. The molecule has 0 bridgehead atoms. The zero-order valence-electron chi connectivity index (χ0n) is 13.0. The number of likely N-dealkylation sites (tertiary alicyclic amines) is 1. The molecule has 1 heterocycles. The molecule has 120 valence electrons. The number of hydrogen-bond donors (Lipinski definition) is 1. The van der Waals surface area contributed by atoms with Crippen LogP contribution in [0.15, 0.2) is 24.3 Å². The Hall–Kier alpha value is -0.970. The minimum atomic E-state index is 0. The van der Waals surface area contributed by atoms with E-state index in [1.54, 1.807) is 0 Å². The first-order valence-electron chi connectivity index (χ1n) is 7.54. The van der Waals surface area contributed by atoms with Crippen molar-refractivity contribution in [3.05, 3.63) is 24.3 Å². The highest BCUT2D eigenvalue weighted by molar-refractivity contribution is 5.85. The Balaban J connectivity index is 0.00000220. The van der Waals surface area contributed by atoms with Gasteiger partial charge >= 0.3 is 0 Å². The van der Waals surface area contributed by atoms with E-state index in [-0.39, 0.29) is 12.4 Å². The number of rotatable bonds is 8. The van der Waals surface area contributed by atoms with Gasteiger partial charge in [0.15, 0.2) is 0 Å². The molecule has 1 aromatic rings. The first-order chi connectivity index (χ1) is 9.81. The van der Waals surface area contributed by atoms with Gasteiger partial charge in [-0.15, -0.1) is 12.4 Å². The summed E-state index contributed by atoms with van der Waals surface area (Å²) in [6.45, 7) is 7.95. The average Bonchev–Trinajstić information content (AvgIpc) is 2.89.